The van der Waals surface area contributed by atoms with E-state index in [-0.39, 0.29) is 12.6 Å². The summed E-state index contributed by atoms with van der Waals surface area (Å²) in [5.74, 6) is 2.43. The fraction of sp³-hybridized carbons (Fsp3) is 0.478. The van der Waals surface area contributed by atoms with Crippen LogP contribution in [-0.4, -0.2) is 51.7 Å². The number of rotatable bonds is 6. The fourth-order valence-corrected chi connectivity index (χ4v) is 4.60. The molecule has 0 aromatic carbocycles. The molecule has 4 heterocycles. The molecule has 2 N–H and O–H groups in total. The van der Waals surface area contributed by atoms with E-state index in [9.17, 15) is 5.11 Å². The van der Waals surface area contributed by atoms with Crippen molar-refractivity contribution in [2.75, 3.05) is 11.9 Å². The van der Waals surface area contributed by atoms with Crippen molar-refractivity contribution < 1.29 is 5.11 Å². The minimum Gasteiger partial charge on any atom is -0.396 e. The minimum atomic E-state index is 0.239. The van der Waals surface area contributed by atoms with E-state index in [0.29, 0.717) is 23.6 Å². The van der Waals surface area contributed by atoms with Crippen molar-refractivity contribution in [1.82, 2.24) is 33.9 Å². The number of hydrogen-bond donors (Lipinski definition) is 2. The van der Waals surface area contributed by atoms with Gasteiger partial charge in [0.25, 0.3) is 0 Å². The van der Waals surface area contributed by atoms with Gasteiger partial charge in [0.2, 0.25) is 5.82 Å². The average molecular weight is 435 g/mol. The predicted octanol–water partition coefficient (Wildman–Crippen LogP) is 3.46. The molecule has 1 aliphatic carbocycles. The Morgan fingerprint density at radius 3 is 2.72 bits per heavy atom. The number of aromatic nitrogens is 7. The molecule has 0 radical (unpaired) electrons. The Kier molecular flexibility index (Phi) is 5.21. The molecule has 9 heteroatoms. The Bertz CT molecular complexity index is 1250. The standard InChI is InChI=1S/C23H30N8O/c1-14(2)30-9-7-19(27-30)18-12-31-20(15(18)3)21(25-17-6-5-16(11-17)13-32)26-22(28-31)23-24-8-10-29(23)4/h7-10,12,14,16-17,32H,5-6,11,13H2,1-4H3,(H,25,26,28)/t16-,17+/m0/s1. The van der Waals surface area contributed by atoms with Crippen LogP contribution in [0.4, 0.5) is 5.82 Å². The monoisotopic (exact) mass is 434 g/mol. The normalized spacial score (nSPS) is 18.8. The van der Waals surface area contributed by atoms with Crippen molar-refractivity contribution in [3.8, 4) is 22.9 Å². The summed E-state index contributed by atoms with van der Waals surface area (Å²) in [7, 11) is 1.94. The van der Waals surface area contributed by atoms with Gasteiger partial charge in [0.15, 0.2) is 11.6 Å². The molecule has 4 aromatic heterocycles. The number of aliphatic hydroxyl groups is 1. The quantitative estimate of drug-likeness (QED) is 0.482. The zero-order valence-electron chi connectivity index (χ0n) is 19.0. The molecule has 0 spiro atoms. The highest BCUT2D eigenvalue weighted by molar-refractivity contribution is 5.82. The Labute approximate surface area is 187 Å². The third-order valence-electron chi connectivity index (χ3n) is 6.46. The largest absolute Gasteiger partial charge is 0.396 e. The Morgan fingerprint density at radius 1 is 1.22 bits per heavy atom. The second-order valence-electron chi connectivity index (χ2n) is 9.08. The molecule has 5 rings (SSSR count). The van der Waals surface area contributed by atoms with Crippen LogP contribution in [0.15, 0.2) is 30.9 Å². The summed E-state index contributed by atoms with van der Waals surface area (Å²) in [6.45, 7) is 6.57. The zero-order valence-corrected chi connectivity index (χ0v) is 19.0. The number of aliphatic hydroxyl groups excluding tert-OH is 1. The molecular formula is C23H30N8O. The number of nitrogens with zero attached hydrogens (tertiary/aromatic N) is 7. The van der Waals surface area contributed by atoms with E-state index in [1.165, 1.54) is 0 Å². The minimum absolute atomic E-state index is 0.239. The maximum absolute atomic E-state index is 9.56. The molecule has 0 bridgehead atoms. The Balaban J connectivity index is 1.63. The molecular weight excluding hydrogens is 404 g/mol. The first-order valence-corrected chi connectivity index (χ1v) is 11.2. The molecule has 1 saturated carbocycles. The van der Waals surface area contributed by atoms with E-state index in [2.05, 4.69) is 31.1 Å². The number of anilines is 1. The number of hydrogen-bond acceptors (Lipinski definition) is 6. The first-order valence-electron chi connectivity index (χ1n) is 11.2. The van der Waals surface area contributed by atoms with E-state index in [1.807, 2.05) is 45.5 Å². The highest BCUT2D eigenvalue weighted by Gasteiger charge is 2.26. The molecule has 168 valence electrons. The smallest absolute Gasteiger partial charge is 0.218 e. The van der Waals surface area contributed by atoms with Gasteiger partial charge in [-0.15, -0.1) is 5.10 Å². The lowest BCUT2D eigenvalue weighted by Gasteiger charge is -2.16. The molecule has 9 nitrogen and oxygen atoms in total. The van der Waals surface area contributed by atoms with Crippen LogP contribution in [0, 0.1) is 12.8 Å². The second-order valence-corrected chi connectivity index (χ2v) is 9.08. The first-order chi connectivity index (χ1) is 15.4. The second kappa shape index (κ2) is 8.05. The van der Waals surface area contributed by atoms with Gasteiger partial charge in [-0.2, -0.15) is 5.10 Å². The summed E-state index contributed by atoms with van der Waals surface area (Å²) in [6, 6.07) is 2.62. The third kappa shape index (κ3) is 3.56. The zero-order chi connectivity index (χ0) is 22.4. The maximum atomic E-state index is 9.56. The van der Waals surface area contributed by atoms with Gasteiger partial charge in [0, 0.05) is 56.1 Å². The van der Waals surface area contributed by atoms with Crippen molar-refractivity contribution in [3.63, 3.8) is 0 Å². The summed E-state index contributed by atoms with van der Waals surface area (Å²) in [5, 5.41) is 22.8. The first kappa shape index (κ1) is 20.7. The molecule has 0 amide bonds. The van der Waals surface area contributed by atoms with Gasteiger partial charge in [-0.1, -0.05) is 0 Å². The lowest BCUT2D eigenvalue weighted by atomic mass is 10.1. The van der Waals surface area contributed by atoms with Gasteiger partial charge < -0.3 is 15.0 Å². The maximum Gasteiger partial charge on any atom is 0.218 e. The number of fused-ring (bicyclic) bond motifs is 1. The van der Waals surface area contributed by atoms with Crippen LogP contribution < -0.4 is 5.32 Å². The SMILES string of the molecule is Cc1c(-c2ccn(C(C)C)n2)cn2nc(-c3nccn3C)nc(N[C@@H]3CC[C@H](CO)C3)c12. The Hall–Kier alpha value is -3.20. The number of aryl methyl sites for hydroxylation is 2. The van der Waals surface area contributed by atoms with Crippen LogP contribution in [0.25, 0.3) is 28.4 Å². The van der Waals surface area contributed by atoms with E-state index in [0.717, 1.165) is 47.4 Å². The van der Waals surface area contributed by atoms with E-state index >= 15 is 0 Å². The lowest BCUT2D eigenvalue weighted by Crippen LogP contribution is -2.19. The van der Waals surface area contributed by atoms with E-state index in [4.69, 9.17) is 15.2 Å². The molecule has 1 aliphatic rings. The molecule has 0 aliphatic heterocycles. The molecule has 0 saturated heterocycles. The van der Waals surface area contributed by atoms with Gasteiger partial charge in [-0.3, -0.25) is 4.68 Å². The van der Waals surface area contributed by atoms with Crippen LogP contribution in [0.3, 0.4) is 0 Å². The third-order valence-corrected chi connectivity index (χ3v) is 6.46. The highest BCUT2D eigenvalue weighted by atomic mass is 16.3. The molecule has 0 unspecified atom stereocenters. The van der Waals surface area contributed by atoms with Crippen molar-refractivity contribution in [2.24, 2.45) is 13.0 Å². The van der Waals surface area contributed by atoms with Crippen molar-refractivity contribution in [2.45, 2.75) is 52.1 Å². The van der Waals surface area contributed by atoms with E-state index in [1.54, 1.807) is 6.20 Å². The summed E-state index contributed by atoms with van der Waals surface area (Å²) >= 11 is 0. The summed E-state index contributed by atoms with van der Waals surface area (Å²) in [6.07, 6.45) is 10.7. The molecule has 4 aromatic rings. The van der Waals surface area contributed by atoms with Gasteiger partial charge in [-0.05, 0) is 57.6 Å². The van der Waals surface area contributed by atoms with Gasteiger partial charge in [0.1, 0.15) is 5.52 Å². The number of nitrogens with one attached hydrogen (secondary N) is 1. The summed E-state index contributed by atoms with van der Waals surface area (Å²) in [4.78, 5) is 9.35. The molecule has 32 heavy (non-hydrogen) atoms. The van der Waals surface area contributed by atoms with E-state index < -0.39 is 0 Å². The summed E-state index contributed by atoms with van der Waals surface area (Å²) < 4.78 is 5.79. The van der Waals surface area contributed by atoms with Crippen LogP contribution in [0.1, 0.15) is 44.7 Å². The van der Waals surface area contributed by atoms with Crippen molar-refractivity contribution in [3.05, 3.63) is 36.4 Å². The summed E-state index contributed by atoms with van der Waals surface area (Å²) in [5.41, 5.74) is 4.00. The fourth-order valence-electron chi connectivity index (χ4n) is 4.60. The van der Waals surface area contributed by atoms with Gasteiger partial charge in [-0.25, -0.2) is 14.5 Å². The number of imidazole rings is 1. The van der Waals surface area contributed by atoms with Gasteiger partial charge >= 0.3 is 0 Å². The van der Waals surface area contributed by atoms with Crippen LogP contribution in [0.5, 0.6) is 0 Å². The lowest BCUT2D eigenvalue weighted by molar-refractivity contribution is 0.229. The van der Waals surface area contributed by atoms with Crippen LogP contribution in [-0.2, 0) is 7.05 Å². The highest BCUT2D eigenvalue weighted by Crippen LogP contribution is 2.34. The van der Waals surface area contributed by atoms with Gasteiger partial charge in [0.05, 0.1) is 5.69 Å². The molecule has 1 fully saturated rings. The van der Waals surface area contributed by atoms with Crippen LogP contribution in [0.2, 0.25) is 0 Å². The predicted molar refractivity (Wildman–Crippen MR) is 123 cm³/mol. The molecule has 2 atom stereocenters. The van der Waals surface area contributed by atoms with Crippen molar-refractivity contribution in [1.29, 1.82) is 0 Å². The van der Waals surface area contributed by atoms with Crippen LogP contribution >= 0.6 is 0 Å². The topological polar surface area (TPSA) is 98.1 Å². The average Bonchev–Trinajstić information content (AvgIpc) is 3.54. The Morgan fingerprint density at radius 2 is 2.06 bits per heavy atom. The van der Waals surface area contributed by atoms with Crippen molar-refractivity contribution >= 4 is 11.3 Å².